The number of hydrogen-bond acceptors (Lipinski definition) is 3. The minimum Gasteiger partial charge on any atom is -0.366 e. The highest BCUT2D eigenvalue weighted by Gasteiger charge is 2.04. The Morgan fingerprint density at radius 3 is 2.79 bits per heavy atom. The lowest BCUT2D eigenvalue weighted by Gasteiger charge is -2.02. The van der Waals surface area contributed by atoms with Gasteiger partial charge in [0.15, 0.2) is 0 Å². The molecule has 2 N–H and O–H groups in total. The summed E-state index contributed by atoms with van der Waals surface area (Å²) in [6.45, 7) is 1.84. The Labute approximate surface area is 86.3 Å². The molecule has 0 bridgehead atoms. The number of nitrogens with two attached hydrogens (primary N) is 1. The van der Waals surface area contributed by atoms with E-state index >= 15 is 0 Å². The van der Waals surface area contributed by atoms with Gasteiger partial charge >= 0.3 is 0 Å². The van der Waals surface area contributed by atoms with E-state index in [0.717, 1.165) is 11.5 Å². The van der Waals surface area contributed by atoms with Crippen molar-refractivity contribution >= 4 is 17.5 Å². The second kappa shape index (κ2) is 3.31. The highest BCUT2D eigenvalue weighted by atomic mass is 35.5. The van der Waals surface area contributed by atoms with Gasteiger partial charge in [-0.2, -0.15) is 4.98 Å². The van der Waals surface area contributed by atoms with E-state index in [0.29, 0.717) is 5.02 Å². The van der Waals surface area contributed by atoms with Crippen LogP contribution in [0.1, 0.15) is 5.82 Å². The van der Waals surface area contributed by atoms with Gasteiger partial charge in [-0.15, -0.1) is 5.10 Å². The zero-order chi connectivity index (χ0) is 10.1. The predicted molar refractivity (Wildman–Crippen MR) is 55.5 cm³/mol. The summed E-state index contributed by atoms with van der Waals surface area (Å²) in [5.41, 5.74) is 6.34. The standard InChI is InChI=1S/C9H9ClN4/c1-6-12-9(11)13-14(6)8-4-2-3-7(10)5-8/h2-5H,1H3,(H2,11,13). The summed E-state index contributed by atoms with van der Waals surface area (Å²) in [7, 11) is 0. The summed E-state index contributed by atoms with van der Waals surface area (Å²) in [6.07, 6.45) is 0. The van der Waals surface area contributed by atoms with Gasteiger partial charge in [-0.1, -0.05) is 17.7 Å². The summed E-state index contributed by atoms with van der Waals surface area (Å²) in [5, 5.41) is 4.71. The van der Waals surface area contributed by atoms with Gasteiger partial charge in [0.25, 0.3) is 0 Å². The topological polar surface area (TPSA) is 56.7 Å². The number of hydrogen-bond donors (Lipinski definition) is 1. The van der Waals surface area contributed by atoms with E-state index in [2.05, 4.69) is 10.1 Å². The zero-order valence-electron chi connectivity index (χ0n) is 7.61. The van der Waals surface area contributed by atoms with Crippen molar-refractivity contribution in [1.29, 1.82) is 0 Å². The number of nitrogens with zero attached hydrogens (tertiary/aromatic N) is 3. The molecule has 0 amide bonds. The number of benzene rings is 1. The average molecular weight is 209 g/mol. The molecule has 1 aromatic carbocycles. The molecule has 2 rings (SSSR count). The third kappa shape index (κ3) is 1.56. The zero-order valence-corrected chi connectivity index (χ0v) is 8.36. The van der Waals surface area contributed by atoms with E-state index < -0.39 is 0 Å². The van der Waals surface area contributed by atoms with Crippen molar-refractivity contribution in [2.75, 3.05) is 5.73 Å². The van der Waals surface area contributed by atoms with Crippen LogP contribution in [0.2, 0.25) is 5.02 Å². The highest BCUT2D eigenvalue weighted by Crippen LogP contribution is 2.15. The third-order valence-electron chi connectivity index (χ3n) is 1.84. The second-order valence-corrected chi connectivity index (χ2v) is 3.35. The molecule has 1 heterocycles. The molecule has 0 aliphatic rings. The van der Waals surface area contributed by atoms with E-state index in [9.17, 15) is 0 Å². The van der Waals surface area contributed by atoms with Crippen LogP contribution < -0.4 is 5.73 Å². The predicted octanol–water partition coefficient (Wildman–Crippen LogP) is 1.81. The van der Waals surface area contributed by atoms with Gasteiger partial charge in [-0.3, -0.25) is 0 Å². The lowest BCUT2D eigenvalue weighted by molar-refractivity contribution is 0.843. The maximum Gasteiger partial charge on any atom is 0.240 e. The van der Waals surface area contributed by atoms with Crippen LogP contribution in [0.5, 0.6) is 0 Å². The summed E-state index contributed by atoms with van der Waals surface area (Å²) < 4.78 is 1.65. The van der Waals surface area contributed by atoms with Crippen molar-refractivity contribution in [3.05, 3.63) is 35.1 Å². The first-order valence-electron chi connectivity index (χ1n) is 4.12. The SMILES string of the molecule is Cc1nc(N)nn1-c1cccc(Cl)c1. The van der Waals surface area contributed by atoms with Crippen molar-refractivity contribution < 1.29 is 0 Å². The van der Waals surface area contributed by atoms with Gasteiger partial charge in [0, 0.05) is 5.02 Å². The van der Waals surface area contributed by atoms with Crippen molar-refractivity contribution in [3.8, 4) is 5.69 Å². The quantitative estimate of drug-likeness (QED) is 0.778. The number of aryl methyl sites for hydroxylation is 1. The maximum atomic E-state index is 5.86. The summed E-state index contributed by atoms with van der Waals surface area (Å²) in [5.74, 6) is 1.01. The van der Waals surface area contributed by atoms with Crippen molar-refractivity contribution in [3.63, 3.8) is 0 Å². The second-order valence-electron chi connectivity index (χ2n) is 2.91. The normalized spacial score (nSPS) is 10.4. The Balaban J connectivity index is 2.54. The maximum absolute atomic E-state index is 5.86. The molecule has 0 spiro atoms. The highest BCUT2D eigenvalue weighted by molar-refractivity contribution is 6.30. The number of halogens is 1. The number of anilines is 1. The molecule has 0 saturated heterocycles. The molecule has 4 nitrogen and oxygen atoms in total. The lowest BCUT2D eigenvalue weighted by atomic mass is 10.3. The van der Waals surface area contributed by atoms with Crippen LogP contribution in [0.3, 0.4) is 0 Å². The molecule has 0 saturated carbocycles. The van der Waals surface area contributed by atoms with Crippen LogP contribution in [-0.2, 0) is 0 Å². The molecular formula is C9H9ClN4. The van der Waals surface area contributed by atoms with Gasteiger partial charge in [0.2, 0.25) is 5.95 Å². The van der Waals surface area contributed by atoms with Crippen LogP contribution in [-0.4, -0.2) is 14.8 Å². The Kier molecular flexibility index (Phi) is 2.13. The smallest absolute Gasteiger partial charge is 0.240 e. The monoisotopic (exact) mass is 208 g/mol. The van der Waals surface area contributed by atoms with E-state index in [4.69, 9.17) is 17.3 Å². The Bertz CT molecular complexity index is 464. The molecule has 72 valence electrons. The Morgan fingerprint density at radius 1 is 1.43 bits per heavy atom. The van der Waals surface area contributed by atoms with Gasteiger partial charge in [0.1, 0.15) is 5.82 Å². The molecule has 0 atom stereocenters. The van der Waals surface area contributed by atoms with Gasteiger partial charge in [0.05, 0.1) is 5.69 Å². The largest absolute Gasteiger partial charge is 0.366 e. The van der Waals surface area contributed by atoms with Gasteiger partial charge in [-0.25, -0.2) is 4.68 Å². The molecule has 0 aliphatic carbocycles. The summed E-state index contributed by atoms with van der Waals surface area (Å²) in [6, 6.07) is 7.37. The third-order valence-corrected chi connectivity index (χ3v) is 2.07. The van der Waals surface area contributed by atoms with E-state index in [1.165, 1.54) is 0 Å². The van der Waals surface area contributed by atoms with Crippen molar-refractivity contribution in [2.24, 2.45) is 0 Å². The van der Waals surface area contributed by atoms with Crippen LogP contribution in [0.15, 0.2) is 24.3 Å². The van der Waals surface area contributed by atoms with E-state index in [-0.39, 0.29) is 5.95 Å². The van der Waals surface area contributed by atoms with Gasteiger partial charge < -0.3 is 5.73 Å². The molecule has 14 heavy (non-hydrogen) atoms. The minimum atomic E-state index is 0.266. The fourth-order valence-corrected chi connectivity index (χ4v) is 1.45. The molecule has 5 heteroatoms. The molecule has 0 aliphatic heterocycles. The first kappa shape index (κ1) is 9.02. The molecule has 1 aromatic heterocycles. The lowest BCUT2D eigenvalue weighted by Crippen LogP contribution is -1.99. The first-order chi connectivity index (χ1) is 6.66. The van der Waals surface area contributed by atoms with Crippen LogP contribution in [0.25, 0.3) is 5.69 Å². The first-order valence-corrected chi connectivity index (χ1v) is 4.50. The van der Waals surface area contributed by atoms with Crippen LogP contribution in [0.4, 0.5) is 5.95 Å². The number of rotatable bonds is 1. The Morgan fingerprint density at radius 2 is 2.21 bits per heavy atom. The Hall–Kier alpha value is -1.55. The van der Waals surface area contributed by atoms with Crippen molar-refractivity contribution in [2.45, 2.75) is 6.92 Å². The minimum absolute atomic E-state index is 0.266. The fourth-order valence-electron chi connectivity index (χ4n) is 1.26. The van der Waals surface area contributed by atoms with Crippen molar-refractivity contribution in [1.82, 2.24) is 14.8 Å². The van der Waals surface area contributed by atoms with E-state index in [1.54, 1.807) is 10.7 Å². The molecule has 0 radical (unpaired) electrons. The number of nitrogen functional groups attached to an aromatic ring is 1. The molecular weight excluding hydrogens is 200 g/mol. The number of aromatic nitrogens is 3. The average Bonchev–Trinajstić information content (AvgIpc) is 2.45. The fraction of sp³-hybridized carbons (Fsp3) is 0.111. The van der Waals surface area contributed by atoms with E-state index in [1.807, 2.05) is 25.1 Å². The van der Waals surface area contributed by atoms with Crippen LogP contribution in [0, 0.1) is 6.92 Å². The summed E-state index contributed by atoms with van der Waals surface area (Å²) in [4.78, 5) is 4.00. The van der Waals surface area contributed by atoms with Gasteiger partial charge in [-0.05, 0) is 25.1 Å². The molecule has 2 aromatic rings. The van der Waals surface area contributed by atoms with Crippen LogP contribution >= 0.6 is 11.6 Å². The molecule has 0 unspecified atom stereocenters. The molecule has 0 fully saturated rings. The summed E-state index contributed by atoms with van der Waals surface area (Å²) >= 11 is 5.86.